The van der Waals surface area contributed by atoms with Crippen LogP contribution in [0.15, 0.2) is 30.3 Å². The van der Waals surface area contributed by atoms with Gasteiger partial charge in [0.2, 0.25) is 0 Å². The first-order valence-corrected chi connectivity index (χ1v) is 12.9. The Kier molecular flexibility index (Phi) is 8.53. The molecule has 1 atom stereocenters. The third-order valence-corrected chi connectivity index (χ3v) is 7.12. The summed E-state index contributed by atoms with van der Waals surface area (Å²) in [5.74, 6) is -0.0666. The first-order chi connectivity index (χ1) is 17.8. The summed E-state index contributed by atoms with van der Waals surface area (Å²) in [4.78, 5) is 26.8. The van der Waals surface area contributed by atoms with E-state index in [2.05, 4.69) is 10.3 Å². The van der Waals surface area contributed by atoms with Crippen molar-refractivity contribution >= 4 is 34.7 Å². The topological polar surface area (TPSA) is 95.8 Å². The summed E-state index contributed by atoms with van der Waals surface area (Å²) in [6, 6.07) is 9.42. The third kappa shape index (κ3) is 6.15. The number of nitrogens with zero attached hydrogens (tertiary/aromatic N) is 4. The van der Waals surface area contributed by atoms with Gasteiger partial charge in [0.1, 0.15) is 22.9 Å². The standard InChI is InChI=1S/C27H33ClN4O5/c1-5-36-25(33)15-21(18-13-23-26(24(14-18)35-4)32(3)30-29-23)17-10-11-22(28)19(12-17)16-31(2)27(34)37-20-8-6-7-9-20/h10-14,20-21H,5-9,15-16H2,1-4H3. The van der Waals surface area contributed by atoms with Crippen molar-refractivity contribution in [3.05, 3.63) is 52.0 Å². The molecule has 1 aliphatic rings. The zero-order chi connectivity index (χ0) is 26.5. The van der Waals surface area contributed by atoms with Gasteiger partial charge in [-0.1, -0.05) is 28.9 Å². The van der Waals surface area contributed by atoms with Crippen LogP contribution in [-0.4, -0.2) is 58.8 Å². The Labute approximate surface area is 221 Å². The van der Waals surface area contributed by atoms with Crippen LogP contribution in [0.2, 0.25) is 5.02 Å². The third-order valence-electron chi connectivity index (χ3n) is 6.75. The summed E-state index contributed by atoms with van der Waals surface area (Å²) in [6.07, 6.45) is 3.72. The number of aromatic nitrogens is 3. The van der Waals surface area contributed by atoms with Gasteiger partial charge in [-0.05, 0) is 67.5 Å². The maximum absolute atomic E-state index is 12.6. The maximum atomic E-state index is 12.6. The molecule has 2 aromatic carbocycles. The van der Waals surface area contributed by atoms with Crippen LogP contribution < -0.4 is 4.74 Å². The highest BCUT2D eigenvalue weighted by Crippen LogP contribution is 2.36. The number of ether oxygens (including phenoxy) is 3. The Morgan fingerprint density at radius 2 is 1.95 bits per heavy atom. The first kappa shape index (κ1) is 26.7. The summed E-state index contributed by atoms with van der Waals surface area (Å²) >= 11 is 6.54. The fourth-order valence-corrected chi connectivity index (χ4v) is 5.02. The lowest BCUT2D eigenvalue weighted by Gasteiger charge is -2.22. The van der Waals surface area contributed by atoms with Crippen LogP contribution >= 0.6 is 11.6 Å². The molecular weight excluding hydrogens is 496 g/mol. The van der Waals surface area contributed by atoms with Crippen molar-refractivity contribution in [1.82, 2.24) is 19.9 Å². The molecule has 1 aliphatic carbocycles. The largest absolute Gasteiger partial charge is 0.494 e. The van der Waals surface area contributed by atoms with Crippen LogP contribution in [0.3, 0.4) is 0 Å². The predicted molar refractivity (Wildman–Crippen MR) is 140 cm³/mol. The smallest absolute Gasteiger partial charge is 0.410 e. The number of fused-ring (bicyclic) bond motifs is 1. The van der Waals surface area contributed by atoms with Gasteiger partial charge < -0.3 is 19.1 Å². The van der Waals surface area contributed by atoms with E-state index in [0.29, 0.717) is 16.3 Å². The number of methoxy groups -OCH3 is 1. The normalized spacial score (nSPS) is 14.5. The summed E-state index contributed by atoms with van der Waals surface area (Å²) < 4.78 is 18.2. The van der Waals surface area contributed by atoms with E-state index in [0.717, 1.165) is 47.9 Å². The molecule has 0 aliphatic heterocycles. The zero-order valence-corrected chi connectivity index (χ0v) is 22.5. The lowest BCUT2D eigenvalue weighted by Crippen LogP contribution is -2.30. The van der Waals surface area contributed by atoms with Crippen molar-refractivity contribution in [3.8, 4) is 5.75 Å². The lowest BCUT2D eigenvalue weighted by molar-refractivity contribution is -0.143. The number of aryl methyl sites for hydroxylation is 1. The second-order valence-corrected chi connectivity index (χ2v) is 9.77. The van der Waals surface area contributed by atoms with Crippen LogP contribution in [0.5, 0.6) is 5.75 Å². The molecule has 1 heterocycles. The van der Waals surface area contributed by atoms with Crippen molar-refractivity contribution in [1.29, 1.82) is 0 Å². The van der Waals surface area contributed by atoms with Gasteiger partial charge >= 0.3 is 12.1 Å². The Balaban J connectivity index is 1.66. The highest BCUT2D eigenvalue weighted by Gasteiger charge is 2.25. The number of hydrogen-bond donors (Lipinski definition) is 0. The molecule has 0 N–H and O–H groups in total. The van der Waals surface area contributed by atoms with Gasteiger partial charge in [-0.2, -0.15) is 0 Å². The molecule has 3 aromatic rings. The quantitative estimate of drug-likeness (QED) is 0.351. The van der Waals surface area contributed by atoms with Gasteiger partial charge in [-0.15, -0.1) is 5.10 Å². The van der Waals surface area contributed by atoms with E-state index in [9.17, 15) is 9.59 Å². The van der Waals surface area contributed by atoms with E-state index in [-0.39, 0.29) is 43.7 Å². The highest BCUT2D eigenvalue weighted by atomic mass is 35.5. The number of carbonyl (C=O) groups is 2. The molecule has 4 rings (SSSR count). The fourth-order valence-electron chi connectivity index (χ4n) is 4.84. The average Bonchev–Trinajstić information content (AvgIpc) is 3.53. The first-order valence-electron chi connectivity index (χ1n) is 12.5. The molecule has 1 fully saturated rings. The molecule has 10 heteroatoms. The Morgan fingerprint density at radius 3 is 2.65 bits per heavy atom. The van der Waals surface area contributed by atoms with Crippen LogP contribution in [0.25, 0.3) is 11.0 Å². The van der Waals surface area contributed by atoms with Gasteiger partial charge in [0, 0.05) is 25.0 Å². The number of benzene rings is 2. The van der Waals surface area contributed by atoms with Gasteiger partial charge in [0.15, 0.2) is 0 Å². The maximum Gasteiger partial charge on any atom is 0.410 e. The van der Waals surface area contributed by atoms with Gasteiger partial charge in [-0.3, -0.25) is 4.79 Å². The minimum Gasteiger partial charge on any atom is -0.494 e. The van der Waals surface area contributed by atoms with Gasteiger partial charge in [-0.25, -0.2) is 9.48 Å². The molecule has 1 unspecified atom stereocenters. The molecule has 1 aromatic heterocycles. The van der Waals surface area contributed by atoms with E-state index in [1.54, 1.807) is 38.9 Å². The second-order valence-electron chi connectivity index (χ2n) is 9.36. The molecular formula is C27H33ClN4O5. The Hall–Kier alpha value is -3.33. The molecule has 1 saturated carbocycles. The minimum atomic E-state index is -0.366. The summed E-state index contributed by atoms with van der Waals surface area (Å²) in [7, 11) is 5.09. The predicted octanol–water partition coefficient (Wildman–Crippen LogP) is 5.23. The number of amides is 1. The van der Waals surface area contributed by atoms with E-state index in [4.69, 9.17) is 25.8 Å². The second kappa shape index (κ2) is 11.8. The molecule has 9 nitrogen and oxygen atoms in total. The fraction of sp³-hybridized carbons (Fsp3) is 0.481. The van der Waals surface area contributed by atoms with E-state index >= 15 is 0 Å². The number of esters is 1. The van der Waals surface area contributed by atoms with Crippen LogP contribution in [0.4, 0.5) is 4.79 Å². The number of carbonyl (C=O) groups excluding carboxylic acids is 2. The van der Waals surface area contributed by atoms with Gasteiger partial charge in [0.25, 0.3) is 0 Å². The van der Waals surface area contributed by atoms with Crippen LogP contribution in [0.1, 0.15) is 61.6 Å². The highest BCUT2D eigenvalue weighted by molar-refractivity contribution is 6.31. The van der Waals surface area contributed by atoms with Crippen molar-refractivity contribution < 1.29 is 23.8 Å². The van der Waals surface area contributed by atoms with Crippen LogP contribution in [0, 0.1) is 0 Å². The Bertz CT molecular complexity index is 1270. The van der Waals surface area contributed by atoms with Crippen LogP contribution in [-0.2, 0) is 27.9 Å². The molecule has 0 saturated heterocycles. The van der Waals surface area contributed by atoms with Crippen molar-refractivity contribution in [2.45, 2.75) is 57.6 Å². The van der Waals surface area contributed by atoms with Crippen molar-refractivity contribution in [2.75, 3.05) is 20.8 Å². The average molecular weight is 529 g/mol. The molecule has 198 valence electrons. The van der Waals surface area contributed by atoms with Crippen molar-refractivity contribution in [3.63, 3.8) is 0 Å². The summed E-state index contributed by atoms with van der Waals surface area (Å²) in [5, 5.41) is 8.89. The monoisotopic (exact) mass is 528 g/mol. The molecule has 1 amide bonds. The number of rotatable bonds is 9. The number of halogens is 1. The minimum absolute atomic E-state index is 0.0169. The molecule has 37 heavy (non-hydrogen) atoms. The molecule has 0 radical (unpaired) electrons. The molecule has 0 spiro atoms. The summed E-state index contributed by atoms with van der Waals surface area (Å²) in [6.45, 7) is 2.34. The summed E-state index contributed by atoms with van der Waals surface area (Å²) in [5.41, 5.74) is 3.87. The van der Waals surface area contributed by atoms with E-state index < -0.39 is 0 Å². The lowest BCUT2D eigenvalue weighted by atomic mass is 9.87. The zero-order valence-electron chi connectivity index (χ0n) is 21.7. The Morgan fingerprint density at radius 1 is 1.19 bits per heavy atom. The number of hydrogen-bond acceptors (Lipinski definition) is 7. The molecule has 0 bridgehead atoms. The van der Waals surface area contributed by atoms with E-state index in [1.165, 1.54) is 4.90 Å². The van der Waals surface area contributed by atoms with E-state index in [1.807, 2.05) is 24.3 Å². The van der Waals surface area contributed by atoms with Crippen molar-refractivity contribution in [2.24, 2.45) is 7.05 Å². The van der Waals surface area contributed by atoms with Gasteiger partial charge in [0.05, 0.1) is 26.7 Å². The SMILES string of the molecule is CCOC(=O)CC(c1ccc(Cl)c(CN(C)C(=O)OC2CCCC2)c1)c1cc(OC)c2c(c1)nnn2C.